The third-order valence-corrected chi connectivity index (χ3v) is 3.32. The molecule has 1 saturated heterocycles. The second-order valence-corrected chi connectivity index (χ2v) is 4.51. The number of hydrogen-bond donors (Lipinski definition) is 1. The Kier molecular flexibility index (Phi) is 5.95. The molecule has 0 spiro atoms. The number of carbonyl (C=O) groups is 1. The lowest BCUT2D eigenvalue weighted by Gasteiger charge is -2.36. The van der Waals surface area contributed by atoms with Crippen molar-refractivity contribution in [2.24, 2.45) is 0 Å². The molecular formula is C12H21N3O2. The van der Waals surface area contributed by atoms with Gasteiger partial charge in [-0.3, -0.25) is 9.69 Å². The van der Waals surface area contributed by atoms with Crippen LogP contribution in [0.25, 0.3) is 0 Å². The Hall–Kier alpha value is -1.12. The molecule has 1 N–H and O–H groups in total. The quantitative estimate of drug-likeness (QED) is 0.693. The average Bonchev–Trinajstić information content (AvgIpc) is 2.34. The van der Waals surface area contributed by atoms with Crippen molar-refractivity contribution >= 4 is 5.97 Å². The fourth-order valence-electron chi connectivity index (χ4n) is 2.07. The summed E-state index contributed by atoms with van der Waals surface area (Å²) >= 11 is 0. The highest BCUT2D eigenvalue weighted by Gasteiger charge is 2.24. The van der Waals surface area contributed by atoms with Crippen molar-refractivity contribution in [1.82, 2.24) is 9.80 Å². The second-order valence-electron chi connectivity index (χ2n) is 4.51. The molecule has 0 aromatic rings. The van der Waals surface area contributed by atoms with Gasteiger partial charge < -0.3 is 10.0 Å². The molecule has 1 aliphatic heterocycles. The van der Waals surface area contributed by atoms with Crippen LogP contribution in [0.1, 0.15) is 26.2 Å². The molecular weight excluding hydrogens is 218 g/mol. The van der Waals surface area contributed by atoms with E-state index in [0.717, 1.165) is 45.6 Å². The van der Waals surface area contributed by atoms with E-state index in [9.17, 15) is 4.79 Å². The van der Waals surface area contributed by atoms with Crippen LogP contribution in [0.5, 0.6) is 0 Å². The molecule has 1 unspecified atom stereocenters. The predicted octanol–water partition coefficient (Wildman–Crippen LogP) is 0.771. The van der Waals surface area contributed by atoms with Crippen LogP contribution in [0, 0.1) is 11.3 Å². The van der Waals surface area contributed by atoms with Gasteiger partial charge in [0.25, 0.3) is 0 Å². The maximum Gasteiger partial charge on any atom is 0.320 e. The Morgan fingerprint density at radius 1 is 1.35 bits per heavy atom. The topological polar surface area (TPSA) is 67.6 Å². The molecule has 0 aromatic carbocycles. The van der Waals surface area contributed by atoms with Crippen LogP contribution in [-0.2, 0) is 4.79 Å². The van der Waals surface area contributed by atoms with Gasteiger partial charge in [0.05, 0.1) is 6.07 Å². The molecule has 1 heterocycles. The molecule has 5 heteroatoms. The molecule has 0 aliphatic carbocycles. The third kappa shape index (κ3) is 4.72. The molecule has 0 radical (unpaired) electrons. The first kappa shape index (κ1) is 13.9. The molecule has 1 fully saturated rings. The maximum absolute atomic E-state index is 10.8. The first-order chi connectivity index (χ1) is 8.15. The summed E-state index contributed by atoms with van der Waals surface area (Å²) in [5.41, 5.74) is 0. The molecule has 1 aliphatic rings. The molecule has 5 nitrogen and oxygen atoms in total. The van der Waals surface area contributed by atoms with Gasteiger partial charge >= 0.3 is 5.97 Å². The van der Waals surface area contributed by atoms with E-state index in [0.29, 0.717) is 6.42 Å². The van der Waals surface area contributed by atoms with E-state index in [1.54, 1.807) is 6.92 Å². The standard InChI is InChI=1S/C12H21N3O2/c1-11(12(16)17)15-9-7-14(8-10-15)6-4-2-3-5-13/h11H,2-4,6-10H2,1H3,(H,16,17). The Morgan fingerprint density at radius 3 is 2.53 bits per heavy atom. The minimum atomic E-state index is -0.743. The van der Waals surface area contributed by atoms with Gasteiger partial charge in [-0.15, -0.1) is 0 Å². The molecule has 96 valence electrons. The van der Waals surface area contributed by atoms with Crippen LogP contribution in [0.2, 0.25) is 0 Å². The summed E-state index contributed by atoms with van der Waals surface area (Å²) in [6.07, 6.45) is 2.65. The van der Waals surface area contributed by atoms with Crippen molar-refractivity contribution < 1.29 is 9.90 Å². The summed E-state index contributed by atoms with van der Waals surface area (Å²) < 4.78 is 0. The van der Waals surface area contributed by atoms with Crippen molar-refractivity contribution in [3.05, 3.63) is 0 Å². The monoisotopic (exact) mass is 239 g/mol. The van der Waals surface area contributed by atoms with Crippen LogP contribution in [0.4, 0.5) is 0 Å². The van der Waals surface area contributed by atoms with Gasteiger partial charge in [0.1, 0.15) is 6.04 Å². The van der Waals surface area contributed by atoms with Crippen molar-refractivity contribution in [3.8, 4) is 6.07 Å². The summed E-state index contributed by atoms with van der Waals surface area (Å²) in [5.74, 6) is -0.743. The molecule has 0 amide bonds. The summed E-state index contributed by atoms with van der Waals surface area (Å²) in [5, 5.41) is 17.3. The van der Waals surface area contributed by atoms with Crippen LogP contribution in [0.15, 0.2) is 0 Å². The second kappa shape index (κ2) is 7.25. The van der Waals surface area contributed by atoms with E-state index < -0.39 is 5.97 Å². The smallest absolute Gasteiger partial charge is 0.320 e. The highest BCUT2D eigenvalue weighted by atomic mass is 16.4. The highest BCUT2D eigenvalue weighted by Crippen LogP contribution is 2.08. The fraction of sp³-hybridized carbons (Fsp3) is 0.833. The Bertz CT molecular complexity index is 280. The number of piperazine rings is 1. The fourth-order valence-corrected chi connectivity index (χ4v) is 2.07. The number of rotatable bonds is 6. The van der Waals surface area contributed by atoms with Gasteiger partial charge in [-0.05, 0) is 26.3 Å². The van der Waals surface area contributed by atoms with Crippen LogP contribution < -0.4 is 0 Å². The van der Waals surface area contributed by atoms with Crippen LogP contribution in [-0.4, -0.2) is 59.6 Å². The average molecular weight is 239 g/mol. The number of nitrogens with zero attached hydrogens (tertiary/aromatic N) is 3. The van der Waals surface area contributed by atoms with E-state index >= 15 is 0 Å². The largest absolute Gasteiger partial charge is 0.480 e. The Labute approximate surface area is 103 Å². The summed E-state index contributed by atoms with van der Waals surface area (Å²) in [6, 6.07) is 1.77. The summed E-state index contributed by atoms with van der Waals surface area (Å²) in [4.78, 5) is 15.2. The SMILES string of the molecule is CC(C(=O)O)N1CCN(CCCCC#N)CC1. The first-order valence-electron chi connectivity index (χ1n) is 6.21. The van der Waals surface area contributed by atoms with Crippen molar-refractivity contribution in [2.45, 2.75) is 32.2 Å². The van der Waals surface area contributed by atoms with E-state index in [1.807, 2.05) is 4.90 Å². The van der Waals surface area contributed by atoms with Gasteiger partial charge in [0, 0.05) is 32.6 Å². The zero-order valence-electron chi connectivity index (χ0n) is 10.4. The Balaban J connectivity index is 2.17. The lowest BCUT2D eigenvalue weighted by molar-refractivity contribution is -0.143. The molecule has 1 atom stereocenters. The van der Waals surface area contributed by atoms with Crippen molar-refractivity contribution in [3.63, 3.8) is 0 Å². The number of carboxylic acid groups (broad SMARTS) is 1. The maximum atomic E-state index is 10.8. The van der Waals surface area contributed by atoms with E-state index in [-0.39, 0.29) is 6.04 Å². The van der Waals surface area contributed by atoms with Gasteiger partial charge in [0.15, 0.2) is 0 Å². The third-order valence-electron chi connectivity index (χ3n) is 3.32. The molecule has 0 bridgehead atoms. The van der Waals surface area contributed by atoms with Gasteiger partial charge in [0.2, 0.25) is 0 Å². The zero-order valence-corrected chi connectivity index (χ0v) is 10.4. The summed E-state index contributed by atoms with van der Waals surface area (Å²) in [7, 11) is 0. The zero-order chi connectivity index (χ0) is 12.7. The normalized spacial score (nSPS) is 19.8. The van der Waals surface area contributed by atoms with Crippen LogP contribution in [0.3, 0.4) is 0 Å². The summed E-state index contributed by atoms with van der Waals surface area (Å²) in [6.45, 7) is 6.29. The van der Waals surface area contributed by atoms with Gasteiger partial charge in [-0.25, -0.2) is 0 Å². The molecule has 0 aromatic heterocycles. The lowest BCUT2D eigenvalue weighted by atomic mass is 10.2. The van der Waals surface area contributed by atoms with E-state index in [2.05, 4.69) is 11.0 Å². The van der Waals surface area contributed by atoms with E-state index in [4.69, 9.17) is 10.4 Å². The highest BCUT2D eigenvalue weighted by molar-refractivity contribution is 5.72. The van der Waals surface area contributed by atoms with Crippen molar-refractivity contribution in [2.75, 3.05) is 32.7 Å². The van der Waals surface area contributed by atoms with Crippen molar-refractivity contribution in [1.29, 1.82) is 5.26 Å². The number of nitriles is 1. The molecule has 1 rings (SSSR count). The molecule has 0 saturated carbocycles. The van der Waals surface area contributed by atoms with E-state index in [1.165, 1.54) is 0 Å². The number of aliphatic carboxylic acids is 1. The minimum absolute atomic E-state index is 0.379. The first-order valence-corrected chi connectivity index (χ1v) is 6.21. The molecule has 17 heavy (non-hydrogen) atoms. The number of unbranched alkanes of at least 4 members (excludes halogenated alkanes) is 2. The lowest BCUT2D eigenvalue weighted by Crippen LogP contribution is -2.51. The van der Waals surface area contributed by atoms with Crippen LogP contribution >= 0.6 is 0 Å². The number of carboxylic acids is 1. The number of hydrogen-bond acceptors (Lipinski definition) is 4. The van der Waals surface area contributed by atoms with Gasteiger partial charge in [-0.2, -0.15) is 5.26 Å². The Morgan fingerprint density at radius 2 is 2.00 bits per heavy atom. The predicted molar refractivity (Wildman–Crippen MR) is 64.6 cm³/mol. The minimum Gasteiger partial charge on any atom is -0.480 e. The van der Waals surface area contributed by atoms with Gasteiger partial charge in [-0.1, -0.05) is 0 Å².